The summed E-state index contributed by atoms with van der Waals surface area (Å²) in [6, 6.07) is 0. The van der Waals surface area contributed by atoms with Crippen molar-refractivity contribution in [2.75, 3.05) is 0 Å². The molecule has 0 amide bonds. The third-order valence-electron chi connectivity index (χ3n) is 7.63. The Morgan fingerprint density at radius 2 is 1.82 bits per heavy atom. The lowest BCUT2D eigenvalue weighted by Gasteiger charge is -2.58. The van der Waals surface area contributed by atoms with E-state index in [1.165, 1.54) is 5.57 Å². The van der Waals surface area contributed by atoms with Crippen LogP contribution in [0.3, 0.4) is 0 Å². The molecule has 0 bridgehead atoms. The van der Waals surface area contributed by atoms with Crippen LogP contribution in [-0.4, -0.2) is 33.6 Å². The van der Waals surface area contributed by atoms with Gasteiger partial charge in [-0.15, -0.1) is 0 Å². The van der Waals surface area contributed by atoms with Gasteiger partial charge in [0.25, 0.3) is 0 Å². The van der Waals surface area contributed by atoms with Gasteiger partial charge in [0.1, 0.15) is 0 Å². The molecule has 8 atom stereocenters. The van der Waals surface area contributed by atoms with Crippen LogP contribution in [0.2, 0.25) is 0 Å². The van der Waals surface area contributed by atoms with Crippen LogP contribution in [0.15, 0.2) is 23.8 Å². The van der Waals surface area contributed by atoms with E-state index in [2.05, 4.69) is 19.9 Å². The fraction of sp³-hybridized carbons (Fsp3) is 0.789. The predicted molar refractivity (Wildman–Crippen MR) is 85.0 cm³/mol. The molecule has 3 N–H and O–H groups in total. The Labute approximate surface area is 132 Å². The molecule has 4 aliphatic rings. The minimum Gasteiger partial charge on any atom is -0.393 e. The summed E-state index contributed by atoms with van der Waals surface area (Å²) >= 11 is 0. The van der Waals surface area contributed by atoms with Crippen LogP contribution >= 0.6 is 0 Å². The van der Waals surface area contributed by atoms with Gasteiger partial charge >= 0.3 is 0 Å². The number of hydrogen-bond acceptors (Lipinski definition) is 3. The number of aliphatic hydroxyl groups excluding tert-OH is 3. The summed E-state index contributed by atoms with van der Waals surface area (Å²) in [5.74, 6) is 1.13. The first-order valence-electron chi connectivity index (χ1n) is 8.81. The molecule has 0 unspecified atom stereocenters. The second kappa shape index (κ2) is 4.68. The number of rotatable bonds is 0. The Morgan fingerprint density at radius 1 is 1.05 bits per heavy atom. The normalized spacial score (nSPS) is 56.9. The molecule has 0 spiro atoms. The first-order chi connectivity index (χ1) is 10.4. The largest absolute Gasteiger partial charge is 0.393 e. The summed E-state index contributed by atoms with van der Waals surface area (Å²) in [5, 5.41) is 31.2. The van der Waals surface area contributed by atoms with Crippen molar-refractivity contribution in [2.45, 2.75) is 64.3 Å². The van der Waals surface area contributed by atoms with Crippen LogP contribution in [0, 0.1) is 28.6 Å². The van der Waals surface area contributed by atoms with Crippen molar-refractivity contribution in [2.24, 2.45) is 28.6 Å². The van der Waals surface area contributed by atoms with E-state index in [-0.39, 0.29) is 29.0 Å². The standard InChI is InChI=1S/C19H28O3/c1-18-7-5-12(20)9-11(18)10-15(21)17-13-3-4-16(22)19(13,2)8-6-14(17)18/h5,7,9,12-17,20-22H,3-4,6,8,10H2,1-2H3/t12-,13-,14-,15-,16-,17-,18-,19-/m0/s1. The third-order valence-corrected chi connectivity index (χ3v) is 7.63. The Hall–Kier alpha value is -0.640. The minimum atomic E-state index is -0.506. The molecule has 0 aromatic rings. The number of aliphatic hydroxyl groups is 3. The molecule has 0 aliphatic heterocycles. The summed E-state index contributed by atoms with van der Waals surface area (Å²) in [6.45, 7) is 4.51. The molecule has 0 heterocycles. The lowest BCUT2D eigenvalue weighted by atomic mass is 9.47. The van der Waals surface area contributed by atoms with Crippen molar-refractivity contribution in [3.63, 3.8) is 0 Å². The highest BCUT2D eigenvalue weighted by atomic mass is 16.3. The summed E-state index contributed by atoms with van der Waals surface area (Å²) in [6.07, 6.45) is 9.67. The maximum Gasteiger partial charge on any atom is 0.0905 e. The van der Waals surface area contributed by atoms with Crippen molar-refractivity contribution in [1.82, 2.24) is 0 Å². The minimum absolute atomic E-state index is 0.0163. The lowest BCUT2D eigenvalue weighted by Crippen LogP contribution is -2.55. The van der Waals surface area contributed by atoms with E-state index in [0.29, 0.717) is 18.3 Å². The molecule has 22 heavy (non-hydrogen) atoms. The molecular formula is C19H28O3. The molecule has 0 aromatic carbocycles. The van der Waals surface area contributed by atoms with Gasteiger partial charge in [0.05, 0.1) is 18.3 Å². The van der Waals surface area contributed by atoms with Gasteiger partial charge in [0.2, 0.25) is 0 Å². The molecule has 0 aromatic heterocycles. The summed E-state index contributed by atoms with van der Waals surface area (Å²) in [4.78, 5) is 0. The van der Waals surface area contributed by atoms with Gasteiger partial charge in [-0.25, -0.2) is 0 Å². The maximum absolute atomic E-state index is 10.9. The maximum atomic E-state index is 10.9. The van der Waals surface area contributed by atoms with Crippen molar-refractivity contribution in [1.29, 1.82) is 0 Å². The quantitative estimate of drug-likeness (QED) is 0.602. The second-order valence-electron chi connectivity index (χ2n) is 8.52. The zero-order valence-corrected chi connectivity index (χ0v) is 13.6. The molecule has 4 rings (SSSR count). The summed E-state index contributed by atoms with van der Waals surface area (Å²) < 4.78 is 0. The average molecular weight is 304 g/mol. The lowest BCUT2D eigenvalue weighted by molar-refractivity contribution is -0.108. The SMILES string of the molecule is C[C@]12CC[C@H]3[C@@H]([C@@H](O)CC4=C[C@@H](O)C=C[C@@]43C)[C@@H]1CC[C@@H]2O. The number of fused-ring (bicyclic) bond motifs is 5. The third kappa shape index (κ3) is 1.79. The van der Waals surface area contributed by atoms with E-state index >= 15 is 0 Å². The van der Waals surface area contributed by atoms with Gasteiger partial charge in [-0.1, -0.05) is 37.6 Å². The highest BCUT2D eigenvalue weighted by Crippen LogP contribution is 2.64. The van der Waals surface area contributed by atoms with Crippen LogP contribution in [-0.2, 0) is 0 Å². The van der Waals surface area contributed by atoms with Crippen molar-refractivity contribution < 1.29 is 15.3 Å². The Kier molecular flexibility index (Phi) is 3.18. The Morgan fingerprint density at radius 3 is 2.59 bits per heavy atom. The van der Waals surface area contributed by atoms with Gasteiger partial charge in [0, 0.05) is 5.41 Å². The van der Waals surface area contributed by atoms with Gasteiger partial charge in [0.15, 0.2) is 0 Å². The van der Waals surface area contributed by atoms with Gasteiger partial charge in [-0.05, 0) is 55.3 Å². The van der Waals surface area contributed by atoms with Crippen LogP contribution in [0.25, 0.3) is 0 Å². The van der Waals surface area contributed by atoms with E-state index in [1.807, 2.05) is 12.2 Å². The van der Waals surface area contributed by atoms with Gasteiger partial charge < -0.3 is 15.3 Å². The topological polar surface area (TPSA) is 60.7 Å². The molecule has 0 radical (unpaired) electrons. The molecule has 3 nitrogen and oxygen atoms in total. The monoisotopic (exact) mass is 304 g/mol. The Balaban J connectivity index is 1.74. The van der Waals surface area contributed by atoms with Gasteiger partial charge in [-0.2, -0.15) is 0 Å². The van der Waals surface area contributed by atoms with Crippen molar-refractivity contribution >= 4 is 0 Å². The van der Waals surface area contributed by atoms with E-state index in [4.69, 9.17) is 0 Å². The van der Waals surface area contributed by atoms with Crippen LogP contribution in [0.5, 0.6) is 0 Å². The molecular weight excluding hydrogens is 276 g/mol. The Bertz CT molecular complexity index is 539. The van der Waals surface area contributed by atoms with Crippen molar-refractivity contribution in [3.05, 3.63) is 23.8 Å². The van der Waals surface area contributed by atoms with E-state index in [0.717, 1.165) is 25.7 Å². The number of hydrogen-bond donors (Lipinski definition) is 3. The molecule has 4 aliphatic carbocycles. The van der Waals surface area contributed by atoms with Gasteiger partial charge in [-0.3, -0.25) is 0 Å². The van der Waals surface area contributed by atoms with E-state index < -0.39 is 6.10 Å². The fourth-order valence-corrected chi connectivity index (χ4v) is 6.26. The van der Waals surface area contributed by atoms with Crippen LogP contribution < -0.4 is 0 Å². The first-order valence-corrected chi connectivity index (χ1v) is 8.81. The zero-order chi connectivity index (χ0) is 15.7. The predicted octanol–water partition coefficient (Wildman–Crippen LogP) is 2.42. The summed E-state index contributed by atoms with van der Waals surface area (Å²) in [7, 11) is 0. The highest BCUT2D eigenvalue weighted by Gasteiger charge is 2.60. The summed E-state index contributed by atoms with van der Waals surface area (Å²) in [5.41, 5.74) is 1.16. The zero-order valence-electron chi connectivity index (χ0n) is 13.6. The van der Waals surface area contributed by atoms with Crippen molar-refractivity contribution in [3.8, 4) is 0 Å². The smallest absolute Gasteiger partial charge is 0.0905 e. The molecule has 0 saturated heterocycles. The average Bonchev–Trinajstić information content (AvgIpc) is 2.77. The first kappa shape index (κ1) is 14.9. The molecule has 3 saturated carbocycles. The fourth-order valence-electron chi connectivity index (χ4n) is 6.26. The van der Waals surface area contributed by atoms with E-state index in [9.17, 15) is 15.3 Å². The van der Waals surface area contributed by atoms with E-state index in [1.54, 1.807) is 0 Å². The van der Waals surface area contributed by atoms with Crippen LogP contribution in [0.1, 0.15) is 46.0 Å². The number of allylic oxidation sites excluding steroid dienone is 1. The molecule has 3 fully saturated rings. The highest BCUT2D eigenvalue weighted by molar-refractivity contribution is 5.34. The van der Waals surface area contributed by atoms with Crippen LogP contribution in [0.4, 0.5) is 0 Å². The molecule has 3 heteroatoms. The second-order valence-corrected chi connectivity index (χ2v) is 8.52. The molecule has 122 valence electrons.